The number of anilines is 1. The topological polar surface area (TPSA) is 91.0 Å². The Hall–Kier alpha value is -2.78. The van der Waals surface area contributed by atoms with Crippen molar-refractivity contribution < 1.29 is 17.9 Å². The number of amides is 2. The highest BCUT2D eigenvalue weighted by Crippen LogP contribution is 2.24. The van der Waals surface area contributed by atoms with Crippen molar-refractivity contribution in [3.63, 3.8) is 0 Å². The summed E-state index contributed by atoms with van der Waals surface area (Å²) in [5.74, 6) is 1.37. The van der Waals surface area contributed by atoms with E-state index in [1.54, 1.807) is 24.3 Å². The van der Waals surface area contributed by atoms with Crippen molar-refractivity contribution in [2.45, 2.75) is 77.8 Å². The molecule has 2 aromatic carbocycles. The van der Waals surface area contributed by atoms with E-state index in [-0.39, 0.29) is 12.1 Å². The van der Waals surface area contributed by atoms with Gasteiger partial charge in [-0.2, -0.15) is 0 Å². The first-order chi connectivity index (χ1) is 18.8. The monoisotopic (exact) mass is 558 g/mol. The number of nitrogens with one attached hydrogen (secondary N) is 2. The Kier molecular flexibility index (Phi) is 12.4. The van der Waals surface area contributed by atoms with Gasteiger partial charge in [-0.05, 0) is 67.6 Å². The molecule has 0 aromatic heterocycles. The van der Waals surface area contributed by atoms with Gasteiger partial charge < -0.3 is 15.0 Å². The van der Waals surface area contributed by atoms with Crippen LogP contribution in [0.5, 0.6) is 11.5 Å². The zero-order valence-corrected chi connectivity index (χ0v) is 24.6. The summed E-state index contributed by atoms with van der Waals surface area (Å²) < 4.78 is 31.0. The molecular formula is C30H46N4O4S. The molecular weight excluding hydrogens is 512 g/mol. The molecule has 1 heterocycles. The van der Waals surface area contributed by atoms with Crippen LogP contribution in [0, 0.1) is 0 Å². The molecule has 0 spiro atoms. The fourth-order valence-electron chi connectivity index (χ4n) is 4.78. The summed E-state index contributed by atoms with van der Waals surface area (Å²) in [6.07, 6.45) is 9.88. The highest BCUT2D eigenvalue weighted by atomic mass is 32.2. The lowest BCUT2D eigenvalue weighted by Crippen LogP contribution is -2.49. The van der Waals surface area contributed by atoms with Crippen molar-refractivity contribution in [3.05, 3.63) is 54.1 Å². The molecule has 0 bridgehead atoms. The first-order valence-corrected chi connectivity index (χ1v) is 16.3. The van der Waals surface area contributed by atoms with Gasteiger partial charge in [0.05, 0.1) is 6.26 Å². The Bertz CT molecular complexity index is 1090. The van der Waals surface area contributed by atoms with E-state index < -0.39 is 10.0 Å². The van der Waals surface area contributed by atoms with Crippen molar-refractivity contribution in [2.24, 2.45) is 0 Å². The van der Waals surface area contributed by atoms with E-state index in [2.05, 4.69) is 40.9 Å². The van der Waals surface area contributed by atoms with Crippen LogP contribution in [0.15, 0.2) is 48.5 Å². The van der Waals surface area contributed by atoms with E-state index >= 15 is 0 Å². The number of sulfonamides is 1. The average molecular weight is 559 g/mol. The van der Waals surface area contributed by atoms with Gasteiger partial charge in [-0.3, -0.25) is 9.62 Å². The van der Waals surface area contributed by atoms with Gasteiger partial charge in [0.1, 0.15) is 11.5 Å². The molecule has 0 radical (unpaired) electrons. The minimum atomic E-state index is -3.30. The number of rotatable bonds is 15. The maximum atomic E-state index is 13.0. The number of likely N-dealkylation sites (tertiary alicyclic amines) is 1. The summed E-state index contributed by atoms with van der Waals surface area (Å²) in [6.45, 7) is 8.89. The first kappa shape index (κ1) is 30.8. The van der Waals surface area contributed by atoms with Gasteiger partial charge in [-0.15, -0.1) is 0 Å². The molecule has 0 saturated carbocycles. The number of hydrogen-bond donors (Lipinski definition) is 2. The lowest BCUT2D eigenvalue weighted by Gasteiger charge is -2.34. The second-order valence-electron chi connectivity index (χ2n) is 10.5. The predicted octanol–water partition coefficient (Wildman–Crippen LogP) is 6.21. The highest BCUT2D eigenvalue weighted by Gasteiger charge is 2.23. The molecule has 1 aliphatic rings. The molecule has 0 aliphatic carbocycles. The van der Waals surface area contributed by atoms with Gasteiger partial charge in [0.15, 0.2) is 0 Å². The number of ether oxygens (including phenoxy) is 1. The van der Waals surface area contributed by atoms with E-state index in [1.165, 1.54) is 31.2 Å². The second kappa shape index (κ2) is 15.7. The zero-order chi connectivity index (χ0) is 28.1. The molecule has 1 fully saturated rings. The largest absolute Gasteiger partial charge is 0.457 e. The van der Waals surface area contributed by atoms with E-state index in [0.29, 0.717) is 11.4 Å². The normalized spacial score (nSPS) is 14.6. The Morgan fingerprint density at radius 2 is 1.44 bits per heavy atom. The highest BCUT2D eigenvalue weighted by molar-refractivity contribution is 7.92. The van der Waals surface area contributed by atoms with Gasteiger partial charge >= 0.3 is 6.03 Å². The molecule has 2 aromatic rings. The Morgan fingerprint density at radius 1 is 0.897 bits per heavy atom. The molecule has 0 atom stereocenters. The number of unbranched alkanes of at least 4 members (excludes halogenated alkanes) is 4. The smallest absolute Gasteiger partial charge is 0.317 e. The quantitative estimate of drug-likeness (QED) is 0.254. The number of nitrogens with zero attached hydrogens (tertiary/aromatic N) is 2. The van der Waals surface area contributed by atoms with Crippen LogP contribution >= 0.6 is 0 Å². The third kappa shape index (κ3) is 11.5. The third-order valence-corrected chi connectivity index (χ3v) is 7.59. The standard InChI is InChI=1S/C30H46N4O4S/c1-4-6-8-20-34(21-9-7-5-2)30(35)31-26-18-22-33(23-19-26)24-25-10-14-28(15-11-25)38-29-16-12-27(13-17-29)32-39(3,36)37/h10-17,26,32H,4-9,18-24H2,1-3H3,(H,31,35). The molecule has 39 heavy (non-hydrogen) atoms. The van der Waals surface area contributed by atoms with Gasteiger partial charge in [-0.1, -0.05) is 51.7 Å². The SMILES string of the molecule is CCCCCN(CCCCC)C(=O)NC1CCN(Cc2ccc(Oc3ccc(NS(C)(=O)=O)cc3)cc2)CC1. The number of carbonyl (C=O) groups is 1. The van der Waals surface area contributed by atoms with Crippen molar-refractivity contribution in [1.29, 1.82) is 0 Å². The Morgan fingerprint density at radius 3 is 1.95 bits per heavy atom. The summed E-state index contributed by atoms with van der Waals surface area (Å²) in [5, 5.41) is 3.31. The van der Waals surface area contributed by atoms with Crippen molar-refractivity contribution in [1.82, 2.24) is 15.1 Å². The first-order valence-electron chi connectivity index (χ1n) is 14.4. The van der Waals surface area contributed by atoms with Crippen molar-refractivity contribution >= 4 is 21.7 Å². The van der Waals surface area contributed by atoms with Gasteiger partial charge in [-0.25, -0.2) is 13.2 Å². The number of hydrogen-bond acceptors (Lipinski definition) is 5. The van der Waals surface area contributed by atoms with Gasteiger partial charge in [0.2, 0.25) is 10.0 Å². The van der Waals surface area contributed by atoms with Crippen molar-refractivity contribution in [2.75, 3.05) is 37.2 Å². The van der Waals surface area contributed by atoms with Crippen LogP contribution in [0.4, 0.5) is 10.5 Å². The summed E-state index contributed by atoms with van der Waals surface area (Å²) in [5.41, 5.74) is 1.72. The minimum absolute atomic E-state index is 0.109. The molecule has 2 N–H and O–H groups in total. The maximum absolute atomic E-state index is 13.0. The van der Waals surface area contributed by atoms with E-state index in [9.17, 15) is 13.2 Å². The van der Waals surface area contributed by atoms with Crippen LogP contribution in [-0.4, -0.2) is 62.7 Å². The van der Waals surface area contributed by atoms with Crippen LogP contribution in [0.1, 0.15) is 70.8 Å². The lowest BCUT2D eigenvalue weighted by atomic mass is 10.0. The molecule has 8 nitrogen and oxygen atoms in total. The van der Waals surface area contributed by atoms with Gasteiger partial charge in [0.25, 0.3) is 0 Å². The van der Waals surface area contributed by atoms with Gasteiger partial charge in [0, 0.05) is 44.5 Å². The molecule has 3 rings (SSSR count). The maximum Gasteiger partial charge on any atom is 0.317 e. The summed E-state index contributed by atoms with van der Waals surface area (Å²) in [6, 6.07) is 15.2. The Balaban J connectivity index is 1.42. The number of piperidine rings is 1. The number of carbonyl (C=O) groups excluding carboxylic acids is 1. The van der Waals surface area contributed by atoms with Crippen LogP contribution in [0.2, 0.25) is 0 Å². The summed E-state index contributed by atoms with van der Waals surface area (Å²) >= 11 is 0. The molecule has 2 amide bonds. The third-order valence-electron chi connectivity index (χ3n) is 6.99. The Labute approximate surface area is 235 Å². The molecule has 1 saturated heterocycles. The lowest BCUT2D eigenvalue weighted by molar-refractivity contribution is 0.167. The van der Waals surface area contributed by atoms with E-state index in [1.807, 2.05) is 17.0 Å². The minimum Gasteiger partial charge on any atom is -0.457 e. The van der Waals surface area contributed by atoms with Crippen molar-refractivity contribution in [3.8, 4) is 11.5 Å². The predicted molar refractivity (Wildman–Crippen MR) is 159 cm³/mol. The second-order valence-corrected chi connectivity index (χ2v) is 12.3. The fraction of sp³-hybridized carbons (Fsp3) is 0.567. The molecule has 216 valence electrons. The molecule has 1 aliphatic heterocycles. The van der Waals surface area contributed by atoms with Crippen LogP contribution in [0.25, 0.3) is 0 Å². The number of benzene rings is 2. The van der Waals surface area contributed by atoms with E-state index in [0.717, 1.165) is 70.4 Å². The summed E-state index contributed by atoms with van der Waals surface area (Å²) in [4.78, 5) is 17.4. The zero-order valence-electron chi connectivity index (χ0n) is 23.8. The van der Waals surface area contributed by atoms with E-state index in [4.69, 9.17) is 4.74 Å². The van der Waals surface area contributed by atoms with Crippen LogP contribution < -0.4 is 14.8 Å². The number of urea groups is 1. The summed E-state index contributed by atoms with van der Waals surface area (Å²) in [7, 11) is -3.30. The average Bonchev–Trinajstić information content (AvgIpc) is 2.90. The van der Waals surface area contributed by atoms with Crippen LogP contribution in [-0.2, 0) is 16.6 Å². The van der Waals surface area contributed by atoms with Crippen LogP contribution in [0.3, 0.4) is 0 Å². The molecule has 9 heteroatoms. The fourth-order valence-corrected chi connectivity index (χ4v) is 5.35. The molecule has 0 unspecified atom stereocenters.